The van der Waals surface area contributed by atoms with Crippen molar-refractivity contribution in [3.8, 4) is 0 Å². The molecule has 1 saturated heterocycles. The number of hydrogen-bond donors (Lipinski definition) is 1. The van der Waals surface area contributed by atoms with Crippen LogP contribution in [0.25, 0.3) is 0 Å². The van der Waals surface area contributed by atoms with E-state index >= 15 is 0 Å². The number of para-hydroxylation sites is 1. The second-order valence-corrected chi connectivity index (χ2v) is 7.70. The number of hydrogen-bond acceptors (Lipinski definition) is 4. The summed E-state index contributed by atoms with van der Waals surface area (Å²) in [6.45, 7) is 1.96. The maximum absolute atomic E-state index is 11.3. The van der Waals surface area contributed by atoms with E-state index in [9.17, 15) is 8.42 Å². The van der Waals surface area contributed by atoms with Crippen molar-refractivity contribution in [3.63, 3.8) is 0 Å². The van der Waals surface area contributed by atoms with Gasteiger partial charge < -0.3 is 5.73 Å². The molecular weight excluding hydrogens is 242 g/mol. The number of thioether (sulfide) groups is 1. The maximum atomic E-state index is 11.3. The summed E-state index contributed by atoms with van der Waals surface area (Å²) in [7, 11) is -2.80. The lowest BCUT2D eigenvalue weighted by Crippen LogP contribution is -2.06. The third kappa shape index (κ3) is 2.52. The Morgan fingerprint density at radius 2 is 2.19 bits per heavy atom. The van der Waals surface area contributed by atoms with Crippen molar-refractivity contribution in [3.05, 3.63) is 23.8 Å². The lowest BCUT2D eigenvalue weighted by molar-refractivity contribution is 0.602. The average Bonchev–Trinajstić information content (AvgIpc) is 2.53. The van der Waals surface area contributed by atoms with E-state index in [-0.39, 0.29) is 11.0 Å². The number of sulfone groups is 1. The van der Waals surface area contributed by atoms with Crippen LogP contribution in [0, 0.1) is 6.92 Å². The van der Waals surface area contributed by atoms with Crippen molar-refractivity contribution >= 4 is 27.3 Å². The Bertz CT molecular complexity index is 497. The second-order valence-electron chi connectivity index (χ2n) is 4.13. The number of nitrogens with two attached hydrogens (primary N) is 1. The summed E-state index contributed by atoms with van der Waals surface area (Å²) >= 11 is 1.59. The zero-order chi connectivity index (χ0) is 11.8. The molecular formula is C11H15NO2S2. The third-order valence-corrected chi connectivity index (χ3v) is 6.09. The van der Waals surface area contributed by atoms with E-state index < -0.39 is 9.84 Å². The molecule has 1 atom stereocenters. The van der Waals surface area contributed by atoms with Gasteiger partial charge in [-0.15, -0.1) is 11.8 Å². The minimum atomic E-state index is -2.80. The van der Waals surface area contributed by atoms with Gasteiger partial charge in [0, 0.05) is 15.8 Å². The summed E-state index contributed by atoms with van der Waals surface area (Å²) < 4.78 is 22.7. The highest BCUT2D eigenvalue weighted by Crippen LogP contribution is 2.35. The molecule has 0 saturated carbocycles. The summed E-state index contributed by atoms with van der Waals surface area (Å²) in [4.78, 5) is 1.00. The molecule has 88 valence electrons. The number of benzene rings is 1. The molecule has 0 amide bonds. The van der Waals surface area contributed by atoms with E-state index in [0.717, 1.165) is 22.6 Å². The van der Waals surface area contributed by atoms with Crippen LogP contribution in [0.2, 0.25) is 0 Å². The number of rotatable bonds is 2. The predicted octanol–water partition coefficient (Wildman–Crippen LogP) is 1.86. The Labute approximate surface area is 100 Å². The molecule has 3 nitrogen and oxygen atoms in total. The van der Waals surface area contributed by atoms with Gasteiger partial charge in [0.25, 0.3) is 0 Å². The van der Waals surface area contributed by atoms with Crippen molar-refractivity contribution < 1.29 is 8.42 Å². The summed E-state index contributed by atoms with van der Waals surface area (Å²) in [6, 6.07) is 5.88. The van der Waals surface area contributed by atoms with Crippen LogP contribution in [0.15, 0.2) is 23.1 Å². The smallest absolute Gasteiger partial charge is 0.151 e. The van der Waals surface area contributed by atoms with Crippen LogP contribution in [0.3, 0.4) is 0 Å². The molecule has 2 N–H and O–H groups in total. The van der Waals surface area contributed by atoms with Crippen molar-refractivity contribution in [2.75, 3.05) is 17.2 Å². The summed E-state index contributed by atoms with van der Waals surface area (Å²) in [5.41, 5.74) is 7.78. The van der Waals surface area contributed by atoms with Crippen molar-refractivity contribution in [2.24, 2.45) is 0 Å². The second kappa shape index (κ2) is 4.30. The van der Waals surface area contributed by atoms with Gasteiger partial charge in [0.1, 0.15) is 0 Å². The van der Waals surface area contributed by atoms with Crippen molar-refractivity contribution in [2.45, 2.75) is 23.5 Å². The van der Waals surface area contributed by atoms with Gasteiger partial charge in [0.15, 0.2) is 9.84 Å². The lowest BCUT2D eigenvalue weighted by atomic mass is 10.2. The number of nitrogen functional groups attached to an aromatic ring is 1. The average molecular weight is 257 g/mol. The zero-order valence-corrected chi connectivity index (χ0v) is 10.8. The van der Waals surface area contributed by atoms with Crippen LogP contribution in [0.5, 0.6) is 0 Å². The largest absolute Gasteiger partial charge is 0.398 e. The summed E-state index contributed by atoms with van der Waals surface area (Å²) in [5.74, 6) is 0.599. The van der Waals surface area contributed by atoms with E-state index in [4.69, 9.17) is 5.73 Å². The molecule has 0 aliphatic carbocycles. The van der Waals surface area contributed by atoms with Crippen LogP contribution in [-0.4, -0.2) is 25.2 Å². The molecule has 1 aliphatic heterocycles. The quantitative estimate of drug-likeness (QED) is 0.822. The predicted molar refractivity (Wildman–Crippen MR) is 68.5 cm³/mol. The highest BCUT2D eigenvalue weighted by Gasteiger charge is 2.28. The maximum Gasteiger partial charge on any atom is 0.151 e. The Morgan fingerprint density at radius 3 is 2.81 bits per heavy atom. The molecule has 0 bridgehead atoms. The van der Waals surface area contributed by atoms with E-state index in [1.807, 2.05) is 25.1 Å². The Hall–Kier alpha value is -0.680. The van der Waals surface area contributed by atoms with Gasteiger partial charge in [-0.1, -0.05) is 12.1 Å². The fourth-order valence-corrected chi connectivity index (χ4v) is 5.42. The Balaban J connectivity index is 2.14. The fraction of sp³-hybridized carbons (Fsp3) is 0.455. The number of anilines is 1. The standard InChI is InChI=1S/C11H15NO2S2/c1-8-3-2-4-10(11(8)12)15-9-5-6-16(13,14)7-9/h2-4,9H,5-7,12H2,1H3. The third-order valence-electron chi connectivity index (χ3n) is 2.77. The SMILES string of the molecule is Cc1cccc(SC2CCS(=O)(=O)C2)c1N. The van der Waals surface area contributed by atoms with Crippen LogP contribution >= 0.6 is 11.8 Å². The number of aryl methyl sites for hydroxylation is 1. The van der Waals surface area contributed by atoms with Gasteiger partial charge in [-0.3, -0.25) is 0 Å². The molecule has 1 unspecified atom stereocenters. The normalized spacial score (nSPS) is 23.4. The minimum absolute atomic E-state index is 0.161. The van der Waals surface area contributed by atoms with E-state index in [1.54, 1.807) is 11.8 Å². The topological polar surface area (TPSA) is 60.2 Å². The zero-order valence-electron chi connectivity index (χ0n) is 9.14. The Morgan fingerprint density at radius 1 is 1.44 bits per heavy atom. The molecule has 1 fully saturated rings. The molecule has 1 heterocycles. The summed E-state index contributed by atoms with van der Waals surface area (Å²) in [6.07, 6.45) is 0.736. The first-order valence-electron chi connectivity index (χ1n) is 5.20. The first-order valence-corrected chi connectivity index (χ1v) is 7.90. The first kappa shape index (κ1) is 11.8. The van der Waals surface area contributed by atoms with Gasteiger partial charge in [-0.05, 0) is 25.0 Å². The van der Waals surface area contributed by atoms with Gasteiger partial charge in [-0.25, -0.2) is 8.42 Å². The molecule has 5 heteroatoms. The minimum Gasteiger partial charge on any atom is -0.398 e. The van der Waals surface area contributed by atoms with Crippen LogP contribution in [0.1, 0.15) is 12.0 Å². The first-order chi connectivity index (χ1) is 7.48. The monoisotopic (exact) mass is 257 g/mol. The Kier molecular flexibility index (Phi) is 3.17. The highest BCUT2D eigenvalue weighted by molar-refractivity contribution is 8.02. The molecule has 16 heavy (non-hydrogen) atoms. The molecule has 1 aliphatic rings. The van der Waals surface area contributed by atoms with Gasteiger partial charge in [-0.2, -0.15) is 0 Å². The van der Waals surface area contributed by atoms with Crippen LogP contribution in [-0.2, 0) is 9.84 Å². The molecule has 1 aromatic carbocycles. The fourth-order valence-electron chi connectivity index (χ4n) is 1.79. The molecule has 0 aromatic heterocycles. The highest BCUT2D eigenvalue weighted by atomic mass is 32.2. The van der Waals surface area contributed by atoms with E-state index in [2.05, 4.69) is 0 Å². The van der Waals surface area contributed by atoms with Gasteiger partial charge >= 0.3 is 0 Å². The van der Waals surface area contributed by atoms with Crippen molar-refractivity contribution in [1.82, 2.24) is 0 Å². The lowest BCUT2D eigenvalue weighted by Gasteiger charge is -2.11. The van der Waals surface area contributed by atoms with Crippen molar-refractivity contribution in [1.29, 1.82) is 0 Å². The molecule has 0 radical (unpaired) electrons. The van der Waals surface area contributed by atoms with Gasteiger partial charge in [0.05, 0.1) is 11.5 Å². The van der Waals surface area contributed by atoms with Gasteiger partial charge in [0.2, 0.25) is 0 Å². The van der Waals surface area contributed by atoms with E-state index in [1.165, 1.54) is 0 Å². The van der Waals surface area contributed by atoms with Crippen LogP contribution < -0.4 is 5.73 Å². The summed E-state index contributed by atoms with van der Waals surface area (Å²) in [5, 5.41) is 0.161. The van der Waals surface area contributed by atoms with Crippen LogP contribution in [0.4, 0.5) is 5.69 Å². The molecule has 2 rings (SSSR count). The molecule has 0 spiro atoms. The van der Waals surface area contributed by atoms with E-state index in [0.29, 0.717) is 5.75 Å². The molecule has 1 aromatic rings.